The highest BCUT2D eigenvalue weighted by Gasteiger charge is 2.18. The van der Waals surface area contributed by atoms with Gasteiger partial charge in [-0.2, -0.15) is 0 Å². The fraction of sp³-hybridized carbons (Fsp3) is 0. The SMILES string of the molecule is O=[S]c1ccc2c(N=Nc3c(O)ccc4ccccc34)c(O)c(S(=O)(=O)[O-])cc2c1. The standard InChI is InChI=1S/C20H13N2O6S2/c23-16-8-5-11-3-1-2-4-14(11)18(16)21-22-19-15-7-6-13(29-25)9-12(15)10-17(20(19)24)30(26,27)28/h1-10,23-24H,(H,26,27,28)/p-1. The van der Waals surface area contributed by atoms with Gasteiger partial charge in [-0.1, -0.05) is 36.4 Å². The summed E-state index contributed by atoms with van der Waals surface area (Å²) in [5, 5.41) is 30.5. The van der Waals surface area contributed by atoms with Crippen molar-refractivity contribution in [2.24, 2.45) is 10.2 Å². The number of nitrogens with zero attached hydrogens (tertiary/aromatic N) is 2. The highest BCUT2D eigenvalue weighted by atomic mass is 32.2. The molecule has 0 aliphatic rings. The lowest BCUT2D eigenvalue weighted by molar-refractivity contribution is 0.436. The van der Waals surface area contributed by atoms with Crippen molar-refractivity contribution in [3.8, 4) is 11.5 Å². The van der Waals surface area contributed by atoms with Crippen LogP contribution < -0.4 is 0 Å². The molecule has 8 nitrogen and oxygen atoms in total. The molecular formula is C20H12N2O6S2-. The second kappa shape index (κ2) is 7.41. The molecule has 0 bridgehead atoms. The average molecular weight is 440 g/mol. The van der Waals surface area contributed by atoms with Crippen LogP contribution in [0.1, 0.15) is 0 Å². The number of phenols is 2. The van der Waals surface area contributed by atoms with E-state index in [9.17, 15) is 27.4 Å². The summed E-state index contributed by atoms with van der Waals surface area (Å²) in [4.78, 5) is -0.587. The number of benzene rings is 4. The summed E-state index contributed by atoms with van der Waals surface area (Å²) in [7, 11) is -5.03. The van der Waals surface area contributed by atoms with Crippen LogP contribution in [0.4, 0.5) is 11.4 Å². The quantitative estimate of drug-likeness (QED) is 0.358. The van der Waals surface area contributed by atoms with Crippen LogP contribution in [-0.2, 0) is 21.8 Å². The Labute approximate surface area is 174 Å². The van der Waals surface area contributed by atoms with Gasteiger partial charge < -0.3 is 14.8 Å². The van der Waals surface area contributed by atoms with Gasteiger partial charge in [0.15, 0.2) is 5.75 Å². The minimum absolute atomic E-state index is 0.114. The number of hydrogen-bond donors (Lipinski definition) is 2. The molecule has 0 aliphatic heterocycles. The first-order valence-corrected chi connectivity index (χ1v) is 10.6. The van der Waals surface area contributed by atoms with E-state index in [0.29, 0.717) is 5.39 Å². The minimum atomic E-state index is -5.03. The first-order valence-electron chi connectivity index (χ1n) is 8.47. The molecule has 0 heterocycles. The van der Waals surface area contributed by atoms with E-state index in [4.69, 9.17) is 0 Å². The number of hydrogen-bond acceptors (Lipinski definition) is 8. The van der Waals surface area contributed by atoms with Crippen molar-refractivity contribution in [1.29, 1.82) is 0 Å². The van der Waals surface area contributed by atoms with Crippen molar-refractivity contribution < 1.29 is 27.4 Å². The molecular weight excluding hydrogens is 428 g/mol. The Kier molecular flexibility index (Phi) is 4.90. The number of fused-ring (bicyclic) bond motifs is 2. The number of rotatable bonds is 4. The van der Waals surface area contributed by atoms with Gasteiger partial charge in [0.1, 0.15) is 27.2 Å². The molecule has 0 saturated heterocycles. The Morgan fingerprint density at radius 3 is 2.27 bits per heavy atom. The van der Waals surface area contributed by atoms with Crippen LogP contribution in [0.2, 0.25) is 0 Å². The highest BCUT2D eigenvalue weighted by Crippen LogP contribution is 2.43. The van der Waals surface area contributed by atoms with Crippen molar-refractivity contribution in [2.45, 2.75) is 9.79 Å². The number of phenolic OH excluding ortho intramolecular Hbond substituents is 2. The normalized spacial score (nSPS) is 12.0. The fourth-order valence-electron chi connectivity index (χ4n) is 3.12. The summed E-state index contributed by atoms with van der Waals surface area (Å²) in [6, 6.07) is 15.5. The van der Waals surface area contributed by atoms with Crippen molar-refractivity contribution >= 4 is 54.7 Å². The van der Waals surface area contributed by atoms with Crippen molar-refractivity contribution in [3.05, 3.63) is 60.7 Å². The largest absolute Gasteiger partial charge is 0.744 e. The van der Waals surface area contributed by atoms with Crippen molar-refractivity contribution in [2.75, 3.05) is 0 Å². The summed E-state index contributed by atoms with van der Waals surface area (Å²) < 4.78 is 45.9. The Hall–Kier alpha value is -3.47. The first kappa shape index (κ1) is 19.8. The second-order valence-electron chi connectivity index (χ2n) is 6.35. The topological polar surface area (TPSA) is 139 Å². The Balaban J connectivity index is 2.00. The minimum Gasteiger partial charge on any atom is -0.744 e. The maximum Gasteiger partial charge on any atom is 0.161 e. The maximum absolute atomic E-state index is 11.6. The van der Waals surface area contributed by atoms with Gasteiger partial charge in [-0.3, -0.25) is 0 Å². The molecule has 2 N–H and O–H groups in total. The lowest BCUT2D eigenvalue weighted by Crippen LogP contribution is -1.99. The van der Waals surface area contributed by atoms with Crippen LogP contribution in [-0.4, -0.2) is 27.4 Å². The first-order chi connectivity index (χ1) is 14.3. The molecule has 0 amide bonds. The maximum atomic E-state index is 11.6. The molecule has 4 aromatic rings. The Bertz CT molecular complexity index is 1470. The van der Waals surface area contributed by atoms with Crippen LogP contribution in [0, 0.1) is 0 Å². The Morgan fingerprint density at radius 2 is 1.53 bits per heavy atom. The van der Waals surface area contributed by atoms with E-state index in [2.05, 4.69) is 10.2 Å². The summed E-state index contributed by atoms with van der Waals surface area (Å²) in [6.07, 6.45) is 0. The third-order valence-corrected chi connectivity index (χ3v) is 5.81. The van der Waals surface area contributed by atoms with Crippen LogP contribution in [0.5, 0.6) is 11.5 Å². The second-order valence-corrected chi connectivity index (χ2v) is 8.33. The van der Waals surface area contributed by atoms with Crippen LogP contribution in [0.15, 0.2) is 80.7 Å². The monoisotopic (exact) mass is 440 g/mol. The van der Waals surface area contributed by atoms with Crippen LogP contribution in [0.25, 0.3) is 21.5 Å². The van der Waals surface area contributed by atoms with Crippen LogP contribution >= 0.6 is 0 Å². The van der Waals surface area contributed by atoms with Gasteiger partial charge >= 0.3 is 0 Å². The van der Waals surface area contributed by atoms with Gasteiger partial charge in [-0.15, -0.1) is 10.2 Å². The molecule has 10 heteroatoms. The van der Waals surface area contributed by atoms with E-state index in [1.54, 1.807) is 18.2 Å². The molecule has 0 aromatic heterocycles. The van der Waals surface area contributed by atoms with Gasteiger partial charge in [0.05, 0.1) is 21.5 Å². The molecule has 151 valence electrons. The van der Waals surface area contributed by atoms with E-state index >= 15 is 0 Å². The predicted octanol–water partition coefficient (Wildman–Crippen LogP) is 4.30. The van der Waals surface area contributed by atoms with E-state index in [1.807, 2.05) is 12.1 Å². The Morgan fingerprint density at radius 1 is 0.833 bits per heavy atom. The summed E-state index contributed by atoms with van der Waals surface area (Å²) >= 11 is 0.193. The molecule has 30 heavy (non-hydrogen) atoms. The van der Waals surface area contributed by atoms with Gasteiger partial charge in [0, 0.05) is 10.8 Å². The molecule has 0 saturated carbocycles. The third kappa shape index (κ3) is 3.47. The van der Waals surface area contributed by atoms with Crippen molar-refractivity contribution in [1.82, 2.24) is 0 Å². The fourth-order valence-corrected chi connectivity index (χ4v) is 4.03. The molecule has 4 rings (SSSR count). The van der Waals surface area contributed by atoms with E-state index in [-0.39, 0.29) is 44.5 Å². The molecule has 0 spiro atoms. The van der Waals surface area contributed by atoms with Gasteiger partial charge in [-0.05, 0) is 35.0 Å². The van der Waals surface area contributed by atoms with Gasteiger partial charge in [0.2, 0.25) is 0 Å². The average Bonchev–Trinajstić information content (AvgIpc) is 2.72. The molecule has 0 fully saturated rings. The summed E-state index contributed by atoms with van der Waals surface area (Å²) in [5.41, 5.74) is -0.153. The highest BCUT2D eigenvalue weighted by molar-refractivity contribution is 7.85. The van der Waals surface area contributed by atoms with Crippen LogP contribution in [0.3, 0.4) is 0 Å². The van der Waals surface area contributed by atoms with E-state index in [0.717, 1.165) is 11.5 Å². The van der Waals surface area contributed by atoms with Gasteiger partial charge in [-0.25, -0.2) is 12.6 Å². The van der Waals surface area contributed by atoms with E-state index < -0.39 is 20.8 Å². The molecule has 4 aromatic carbocycles. The predicted molar refractivity (Wildman–Crippen MR) is 110 cm³/mol. The van der Waals surface area contributed by atoms with Gasteiger partial charge in [0.25, 0.3) is 0 Å². The lowest BCUT2D eigenvalue weighted by Gasteiger charge is -2.13. The molecule has 0 atom stereocenters. The lowest BCUT2D eigenvalue weighted by atomic mass is 10.1. The van der Waals surface area contributed by atoms with E-state index in [1.165, 1.54) is 24.3 Å². The summed E-state index contributed by atoms with van der Waals surface area (Å²) in [5.74, 6) is -1.03. The van der Waals surface area contributed by atoms with Crippen molar-refractivity contribution in [3.63, 3.8) is 0 Å². The summed E-state index contributed by atoms with van der Waals surface area (Å²) in [6.45, 7) is 0. The molecule has 0 aliphatic carbocycles. The zero-order valence-corrected chi connectivity index (χ0v) is 16.6. The zero-order chi connectivity index (χ0) is 21.5. The molecule has 1 radical (unpaired) electrons. The number of azo groups is 1. The third-order valence-electron chi connectivity index (χ3n) is 4.52. The number of aromatic hydroxyl groups is 2. The molecule has 0 unspecified atom stereocenters. The smallest absolute Gasteiger partial charge is 0.161 e. The zero-order valence-electron chi connectivity index (χ0n) is 15.0.